The smallest absolute Gasteiger partial charge is 0.407 e. The molecule has 4 N–H and O–H groups in total. The molecule has 0 aliphatic carbocycles. The number of hydrogen-bond donors (Lipinski definition) is 3. The predicted octanol–water partition coefficient (Wildman–Crippen LogP) is 2.86. The van der Waals surface area contributed by atoms with Crippen molar-refractivity contribution in [2.75, 3.05) is 43.4 Å². The molecule has 0 radical (unpaired) electrons. The van der Waals surface area contributed by atoms with Crippen LogP contribution < -0.4 is 20.7 Å². The zero-order chi connectivity index (χ0) is 24.0. The maximum absolute atomic E-state index is 15.0. The Morgan fingerprint density at radius 2 is 2.03 bits per heavy atom. The SMILES string of the molecule is Cc1ccc2c(N)c(C(=O)N[C@@H]3COc4cc(N5CCN(C(=O)O)CC5)cc(F)c4C3)sc2n1. The van der Waals surface area contributed by atoms with Crippen LogP contribution in [0.5, 0.6) is 5.75 Å². The van der Waals surface area contributed by atoms with Crippen LogP contribution in [0, 0.1) is 12.7 Å². The first kappa shape index (κ1) is 22.2. The topological polar surface area (TPSA) is 121 Å². The number of amides is 2. The van der Waals surface area contributed by atoms with Crippen molar-refractivity contribution in [2.24, 2.45) is 0 Å². The van der Waals surface area contributed by atoms with E-state index in [2.05, 4.69) is 10.3 Å². The lowest BCUT2D eigenvalue weighted by Gasteiger charge is -2.35. The van der Waals surface area contributed by atoms with Gasteiger partial charge in [0.05, 0.1) is 11.7 Å². The molecule has 2 aliphatic rings. The van der Waals surface area contributed by atoms with E-state index in [0.717, 1.165) is 11.1 Å². The second kappa shape index (κ2) is 8.64. The summed E-state index contributed by atoms with van der Waals surface area (Å²) in [5, 5.41) is 12.8. The summed E-state index contributed by atoms with van der Waals surface area (Å²) >= 11 is 1.23. The number of carboxylic acid groups (broad SMARTS) is 1. The number of carbonyl (C=O) groups excluding carboxylic acids is 1. The average molecular weight is 486 g/mol. The van der Waals surface area contributed by atoms with Gasteiger partial charge in [0.2, 0.25) is 0 Å². The lowest BCUT2D eigenvalue weighted by molar-refractivity contribution is 0.0919. The van der Waals surface area contributed by atoms with Crippen molar-refractivity contribution < 1.29 is 23.8 Å². The Kier molecular flexibility index (Phi) is 5.64. The van der Waals surface area contributed by atoms with Crippen LogP contribution in [0.3, 0.4) is 0 Å². The Morgan fingerprint density at radius 3 is 2.76 bits per heavy atom. The molecule has 0 bridgehead atoms. The molecule has 1 aromatic carbocycles. The van der Waals surface area contributed by atoms with Gasteiger partial charge in [-0.25, -0.2) is 14.2 Å². The van der Waals surface area contributed by atoms with Crippen molar-refractivity contribution >= 4 is 44.9 Å². The number of anilines is 2. The van der Waals surface area contributed by atoms with Gasteiger partial charge in [0.1, 0.15) is 27.9 Å². The number of carbonyl (C=O) groups is 2. The highest BCUT2D eigenvalue weighted by Crippen LogP contribution is 2.35. The Morgan fingerprint density at radius 1 is 1.26 bits per heavy atom. The Labute approximate surface area is 198 Å². The predicted molar refractivity (Wildman–Crippen MR) is 127 cm³/mol. The fourth-order valence-electron chi connectivity index (χ4n) is 4.36. The van der Waals surface area contributed by atoms with Crippen LogP contribution in [0.4, 0.5) is 20.6 Å². The van der Waals surface area contributed by atoms with Crippen LogP contribution in [0.15, 0.2) is 24.3 Å². The number of nitrogens with zero attached hydrogens (tertiary/aromatic N) is 3. The number of benzene rings is 1. The molecule has 2 aliphatic heterocycles. The lowest BCUT2D eigenvalue weighted by atomic mass is 10.0. The van der Waals surface area contributed by atoms with Crippen LogP contribution in [-0.2, 0) is 6.42 Å². The van der Waals surface area contributed by atoms with Crippen LogP contribution >= 0.6 is 11.3 Å². The Bertz CT molecular complexity index is 1290. The van der Waals surface area contributed by atoms with E-state index in [0.29, 0.717) is 65.0 Å². The third-order valence-electron chi connectivity index (χ3n) is 6.22. The summed E-state index contributed by atoms with van der Waals surface area (Å²) in [5.41, 5.74) is 8.49. The molecule has 5 rings (SSSR count). The van der Waals surface area contributed by atoms with E-state index >= 15 is 4.39 Å². The largest absolute Gasteiger partial charge is 0.491 e. The number of rotatable bonds is 3. The van der Waals surface area contributed by atoms with E-state index in [9.17, 15) is 9.59 Å². The van der Waals surface area contributed by atoms with E-state index < -0.39 is 18.0 Å². The van der Waals surface area contributed by atoms with Gasteiger partial charge in [-0.15, -0.1) is 11.3 Å². The van der Waals surface area contributed by atoms with Gasteiger partial charge in [0.25, 0.3) is 5.91 Å². The van der Waals surface area contributed by atoms with E-state index in [1.165, 1.54) is 22.3 Å². The van der Waals surface area contributed by atoms with Crippen molar-refractivity contribution in [1.29, 1.82) is 0 Å². The van der Waals surface area contributed by atoms with Crippen LogP contribution in [-0.4, -0.2) is 65.8 Å². The second-order valence-electron chi connectivity index (χ2n) is 8.50. The number of aromatic nitrogens is 1. The molecule has 2 aromatic heterocycles. The van der Waals surface area contributed by atoms with Gasteiger partial charge >= 0.3 is 6.09 Å². The number of thiophene rings is 1. The summed E-state index contributed by atoms with van der Waals surface area (Å²) in [6.07, 6.45) is -0.654. The van der Waals surface area contributed by atoms with Crippen molar-refractivity contribution in [3.05, 3.63) is 46.2 Å². The van der Waals surface area contributed by atoms with E-state index in [4.69, 9.17) is 15.6 Å². The highest BCUT2D eigenvalue weighted by molar-refractivity contribution is 7.21. The fraction of sp³-hybridized carbons (Fsp3) is 0.348. The standard InChI is InChI=1S/C23H24FN5O4S/c1-12-2-3-15-19(25)20(34-22(15)26-12)21(30)27-13-8-16-17(24)9-14(10-18(16)33-11-13)28-4-6-29(7-5-28)23(31)32/h2-3,9-10,13H,4-8,11,25H2,1H3,(H,27,30)(H,31,32)/t13-/m0/s1. The number of nitrogens with one attached hydrogen (secondary N) is 1. The highest BCUT2D eigenvalue weighted by atomic mass is 32.1. The first-order valence-electron chi connectivity index (χ1n) is 10.9. The van der Waals surface area contributed by atoms with E-state index in [-0.39, 0.29) is 12.5 Å². The number of pyridine rings is 1. The average Bonchev–Trinajstić information content (AvgIpc) is 3.15. The molecular weight excluding hydrogens is 461 g/mol. The molecule has 34 heavy (non-hydrogen) atoms. The van der Waals surface area contributed by atoms with Gasteiger partial charge in [0, 0.05) is 61.0 Å². The summed E-state index contributed by atoms with van der Waals surface area (Å²) in [7, 11) is 0. The molecule has 1 atom stereocenters. The summed E-state index contributed by atoms with van der Waals surface area (Å²) in [6.45, 7) is 3.76. The molecule has 0 saturated carbocycles. The minimum absolute atomic E-state index is 0.205. The van der Waals surface area contributed by atoms with Crippen LogP contribution in [0.1, 0.15) is 20.9 Å². The number of hydrogen-bond acceptors (Lipinski definition) is 7. The molecule has 4 heterocycles. The minimum atomic E-state index is -0.948. The summed E-state index contributed by atoms with van der Waals surface area (Å²) in [6, 6.07) is 6.53. The zero-order valence-corrected chi connectivity index (χ0v) is 19.3. The number of piperazine rings is 1. The van der Waals surface area contributed by atoms with Gasteiger partial charge in [-0.1, -0.05) is 0 Å². The van der Waals surface area contributed by atoms with Gasteiger partial charge in [0.15, 0.2) is 0 Å². The van der Waals surface area contributed by atoms with Crippen LogP contribution in [0.2, 0.25) is 0 Å². The monoisotopic (exact) mass is 485 g/mol. The number of nitrogens with two attached hydrogens (primary N) is 1. The molecule has 0 unspecified atom stereocenters. The van der Waals surface area contributed by atoms with Crippen molar-refractivity contribution in [2.45, 2.75) is 19.4 Å². The minimum Gasteiger partial charge on any atom is -0.491 e. The van der Waals surface area contributed by atoms with Crippen molar-refractivity contribution in [1.82, 2.24) is 15.2 Å². The van der Waals surface area contributed by atoms with E-state index in [1.54, 1.807) is 6.07 Å². The maximum atomic E-state index is 15.0. The first-order valence-corrected chi connectivity index (χ1v) is 11.8. The van der Waals surface area contributed by atoms with Crippen molar-refractivity contribution in [3.8, 4) is 5.75 Å². The molecule has 11 heteroatoms. The van der Waals surface area contributed by atoms with Gasteiger partial charge in [-0.05, 0) is 25.1 Å². The molecule has 1 fully saturated rings. The molecule has 3 aromatic rings. The molecular formula is C23H24FN5O4S. The molecule has 9 nitrogen and oxygen atoms in total. The van der Waals surface area contributed by atoms with Gasteiger partial charge in [-0.3, -0.25) is 4.79 Å². The molecule has 178 valence electrons. The van der Waals surface area contributed by atoms with Gasteiger partial charge < -0.3 is 30.7 Å². The number of halogens is 1. The Balaban J connectivity index is 1.29. The quantitative estimate of drug-likeness (QED) is 0.522. The number of fused-ring (bicyclic) bond motifs is 2. The zero-order valence-electron chi connectivity index (χ0n) is 18.5. The second-order valence-corrected chi connectivity index (χ2v) is 9.50. The van der Waals surface area contributed by atoms with Gasteiger partial charge in [-0.2, -0.15) is 0 Å². The first-order chi connectivity index (χ1) is 16.3. The molecule has 0 spiro atoms. The normalized spacial score (nSPS) is 17.9. The maximum Gasteiger partial charge on any atom is 0.407 e. The van der Waals surface area contributed by atoms with Crippen molar-refractivity contribution in [3.63, 3.8) is 0 Å². The number of ether oxygens (including phenoxy) is 1. The van der Waals surface area contributed by atoms with Crippen LogP contribution in [0.25, 0.3) is 10.2 Å². The highest BCUT2D eigenvalue weighted by Gasteiger charge is 2.28. The summed E-state index contributed by atoms with van der Waals surface area (Å²) in [4.78, 5) is 32.8. The summed E-state index contributed by atoms with van der Waals surface area (Å²) < 4.78 is 20.8. The fourth-order valence-corrected chi connectivity index (χ4v) is 5.40. The number of nitrogen functional groups attached to an aromatic ring is 1. The third kappa shape index (κ3) is 4.07. The Hall–Kier alpha value is -3.60. The lowest BCUT2D eigenvalue weighted by Crippen LogP contribution is -2.48. The third-order valence-corrected chi connectivity index (χ3v) is 7.33. The number of aryl methyl sites for hydroxylation is 1. The molecule has 1 saturated heterocycles. The summed E-state index contributed by atoms with van der Waals surface area (Å²) in [5.74, 6) is -0.293. The molecule has 2 amide bonds. The van der Waals surface area contributed by atoms with E-state index in [1.807, 2.05) is 24.0 Å².